The quantitative estimate of drug-likeness (QED) is 0.278. The zero-order valence-corrected chi connectivity index (χ0v) is 25.1. The Kier molecular flexibility index (Phi) is 13.4. The van der Waals surface area contributed by atoms with E-state index in [2.05, 4.69) is 10.6 Å². The maximum Gasteiger partial charge on any atom is 0.253 e. The summed E-state index contributed by atoms with van der Waals surface area (Å²) in [6.45, 7) is 13.1. The first-order valence-corrected chi connectivity index (χ1v) is 14.5. The van der Waals surface area contributed by atoms with Crippen molar-refractivity contribution in [3.05, 3.63) is 70.3 Å². The fourth-order valence-corrected chi connectivity index (χ4v) is 4.71. The van der Waals surface area contributed by atoms with Crippen LogP contribution in [0.15, 0.2) is 36.4 Å². The molecule has 2 aromatic rings. The molecular weight excluding hydrogens is 528 g/mol. The Morgan fingerprint density at radius 3 is 2.05 bits per heavy atom. The molecule has 3 N–H and O–H groups in total. The highest BCUT2D eigenvalue weighted by Gasteiger charge is 2.27. The predicted octanol–water partition coefficient (Wildman–Crippen LogP) is 5.04. The number of nitrogens with one attached hydrogen (secondary N) is 2. The van der Waals surface area contributed by atoms with E-state index in [1.165, 1.54) is 6.07 Å². The number of rotatable bonds is 15. The van der Waals surface area contributed by atoms with E-state index < -0.39 is 35.6 Å². The summed E-state index contributed by atoms with van der Waals surface area (Å²) in [5, 5.41) is 16.8. The first-order chi connectivity index (χ1) is 19.3. The van der Waals surface area contributed by atoms with Gasteiger partial charge in [-0.2, -0.15) is 0 Å². The van der Waals surface area contributed by atoms with Crippen molar-refractivity contribution in [3.63, 3.8) is 0 Å². The van der Waals surface area contributed by atoms with Gasteiger partial charge in [-0.1, -0.05) is 34.6 Å². The Morgan fingerprint density at radius 2 is 1.49 bits per heavy atom. The number of halogens is 2. The second-order valence-electron chi connectivity index (χ2n) is 11.3. The van der Waals surface area contributed by atoms with E-state index in [0.29, 0.717) is 30.8 Å². The van der Waals surface area contributed by atoms with Crippen LogP contribution >= 0.6 is 0 Å². The summed E-state index contributed by atoms with van der Waals surface area (Å²) < 4.78 is 27.9. The van der Waals surface area contributed by atoms with Crippen molar-refractivity contribution in [1.29, 1.82) is 0 Å². The third-order valence-electron chi connectivity index (χ3n) is 6.75. The van der Waals surface area contributed by atoms with Crippen molar-refractivity contribution in [2.45, 2.75) is 79.4 Å². The van der Waals surface area contributed by atoms with E-state index in [-0.39, 0.29) is 41.7 Å². The smallest absolute Gasteiger partial charge is 0.253 e. The van der Waals surface area contributed by atoms with E-state index in [4.69, 9.17) is 0 Å². The molecule has 2 aromatic carbocycles. The van der Waals surface area contributed by atoms with Crippen molar-refractivity contribution in [2.75, 3.05) is 19.6 Å². The standard InChI is InChI=1S/C32H45F2N3O4/c1-7-9-37(10-8-2)32(41)25-12-21(5)11-24(17-25)31(40)36-28(16-23-14-26(33)18-27(34)15-23)29(38)13-22(6)30(39)35-19-20(3)4/h11-12,14-15,17-18,20,22,28-29,38H,7-10,13,16,19H2,1-6H3,(H,35,39)(H,36,40)/t22-,28?,29+/m1/s1. The van der Waals surface area contributed by atoms with Crippen LogP contribution in [0, 0.1) is 30.4 Å². The van der Waals surface area contributed by atoms with Crippen LogP contribution in [0.5, 0.6) is 0 Å². The van der Waals surface area contributed by atoms with Crippen molar-refractivity contribution in [2.24, 2.45) is 11.8 Å². The lowest BCUT2D eigenvalue weighted by Gasteiger charge is -2.27. The van der Waals surface area contributed by atoms with Crippen LogP contribution < -0.4 is 10.6 Å². The van der Waals surface area contributed by atoms with E-state index in [1.54, 1.807) is 30.9 Å². The van der Waals surface area contributed by atoms with Gasteiger partial charge in [-0.25, -0.2) is 8.78 Å². The molecule has 41 heavy (non-hydrogen) atoms. The molecule has 1 unspecified atom stereocenters. The molecule has 0 aromatic heterocycles. The number of aliphatic hydroxyl groups excluding tert-OH is 1. The molecule has 0 aliphatic carbocycles. The van der Waals surface area contributed by atoms with Crippen LogP contribution in [-0.4, -0.2) is 59.5 Å². The van der Waals surface area contributed by atoms with Gasteiger partial charge < -0.3 is 20.6 Å². The topological polar surface area (TPSA) is 98.7 Å². The van der Waals surface area contributed by atoms with Crippen LogP contribution in [0.4, 0.5) is 8.78 Å². The van der Waals surface area contributed by atoms with Crippen molar-refractivity contribution in [1.82, 2.24) is 15.5 Å². The maximum absolute atomic E-state index is 13.9. The summed E-state index contributed by atoms with van der Waals surface area (Å²) in [7, 11) is 0. The van der Waals surface area contributed by atoms with Crippen LogP contribution in [0.1, 0.15) is 85.7 Å². The monoisotopic (exact) mass is 573 g/mol. The van der Waals surface area contributed by atoms with Gasteiger partial charge in [0, 0.05) is 42.7 Å². The minimum absolute atomic E-state index is 0.0211. The summed E-state index contributed by atoms with van der Waals surface area (Å²) >= 11 is 0. The maximum atomic E-state index is 13.9. The molecule has 0 aliphatic heterocycles. The lowest BCUT2D eigenvalue weighted by molar-refractivity contribution is -0.125. The van der Waals surface area contributed by atoms with E-state index in [1.807, 2.05) is 27.7 Å². The first-order valence-electron chi connectivity index (χ1n) is 14.5. The molecule has 0 spiro atoms. The zero-order chi connectivity index (χ0) is 30.7. The van der Waals surface area contributed by atoms with Gasteiger partial charge in [0.15, 0.2) is 0 Å². The van der Waals surface area contributed by atoms with Gasteiger partial charge in [0.2, 0.25) is 5.91 Å². The number of carbonyl (C=O) groups excluding carboxylic acids is 3. The van der Waals surface area contributed by atoms with Gasteiger partial charge in [0.25, 0.3) is 11.8 Å². The molecule has 2 rings (SSSR count). The van der Waals surface area contributed by atoms with Gasteiger partial charge in [0.05, 0.1) is 12.1 Å². The number of aliphatic hydroxyl groups is 1. The molecule has 0 fully saturated rings. The number of nitrogens with zero attached hydrogens (tertiary/aromatic N) is 1. The average molecular weight is 574 g/mol. The molecule has 9 heteroatoms. The molecular formula is C32H45F2N3O4. The highest BCUT2D eigenvalue weighted by molar-refractivity contribution is 6.00. The average Bonchev–Trinajstić information content (AvgIpc) is 2.89. The Labute approximate surface area is 242 Å². The van der Waals surface area contributed by atoms with Gasteiger partial charge >= 0.3 is 0 Å². The fraction of sp³-hybridized carbons (Fsp3) is 0.531. The van der Waals surface area contributed by atoms with Gasteiger partial charge in [-0.15, -0.1) is 0 Å². The highest BCUT2D eigenvalue weighted by Crippen LogP contribution is 2.18. The normalized spacial score (nSPS) is 13.4. The molecule has 0 radical (unpaired) electrons. The number of carbonyl (C=O) groups is 3. The van der Waals surface area contributed by atoms with Crippen LogP contribution in [0.3, 0.4) is 0 Å². The SMILES string of the molecule is CCCN(CCC)C(=O)c1cc(C)cc(C(=O)NC(Cc2cc(F)cc(F)c2)[C@@H](O)C[C@@H](C)C(=O)NCC(C)C)c1. The fourth-order valence-electron chi connectivity index (χ4n) is 4.71. The highest BCUT2D eigenvalue weighted by atomic mass is 19.1. The van der Waals surface area contributed by atoms with Crippen molar-refractivity contribution >= 4 is 17.7 Å². The molecule has 226 valence electrons. The van der Waals surface area contributed by atoms with Crippen LogP contribution in [0.2, 0.25) is 0 Å². The molecule has 7 nitrogen and oxygen atoms in total. The molecule has 3 amide bonds. The van der Waals surface area contributed by atoms with Crippen LogP contribution in [-0.2, 0) is 11.2 Å². The predicted molar refractivity (Wildman–Crippen MR) is 157 cm³/mol. The number of hydrogen-bond donors (Lipinski definition) is 3. The Balaban J connectivity index is 2.32. The number of hydrogen-bond acceptors (Lipinski definition) is 4. The van der Waals surface area contributed by atoms with Crippen LogP contribution in [0.25, 0.3) is 0 Å². The Hall–Kier alpha value is -3.33. The van der Waals surface area contributed by atoms with Crippen molar-refractivity contribution in [3.8, 4) is 0 Å². The number of aryl methyl sites for hydroxylation is 1. The largest absolute Gasteiger partial charge is 0.391 e. The van der Waals surface area contributed by atoms with Gasteiger partial charge in [-0.3, -0.25) is 14.4 Å². The number of benzene rings is 2. The molecule has 0 heterocycles. The minimum atomic E-state index is -1.19. The van der Waals surface area contributed by atoms with Gasteiger partial charge in [-0.05, 0) is 80.0 Å². The van der Waals surface area contributed by atoms with Gasteiger partial charge in [0.1, 0.15) is 11.6 Å². The summed E-state index contributed by atoms with van der Waals surface area (Å²) in [6, 6.07) is 6.98. The summed E-state index contributed by atoms with van der Waals surface area (Å²) in [4.78, 5) is 41.0. The second-order valence-corrected chi connectivity index (χ2v) is 11.3. The lowest BCUT2D eigenvalue weighted by Crippen LogP contribution is -2.46. The van der Waals surface area contributed by atoms with E-state index in [9.17, 15) is 28.3 Å². The lowest BCUT2D eigenvalue weighted by atomic mass is 9.93. The summed E-state index contributed by atoms with van der Waals surface area (Å²) in [6.07, 6.45) is 0.367. The van der Waals surface area contributed by atoms with E-state index in [0.717, 1.165) is 31.0 Å². The zero-order valence-electron chi connectivity index (χ0n) is 25.1. The molecule has 0 bridgehead atoms. The molecule has 0 saturated heterocycles. The number of amides is 3. The third-order valence-corrected chi connectivity index (χ3v) is 6.75. The van der Waals surface area contributed by atoms with E-state index >= 15 is 0 Å². The first kappa shape index (κ1) is 33.9. The Morgan fingerprint density at radius 1 is 0.902 bits per heavy atom. The third kappa shape index (κ3) is 10.9. The summed E-state index contributed by atoms with van der Waals surface area (Å²) in [5.41, 5.74) is 1.58. The second kappa shape index (κ2) is 16.2. The van der Waals surface area contributed by atoms with Crippen molar-refractivity contribution < 1.29 is 28.3 Å². The summed E-state index contributed by atoms with van der Waals surface area (Å²) in [5.74, 6) is -2.80. The molecule has 0 saturated carbocycles. The minimum Gasteiger partial charge on any atom is -0.391 e. The Bertz CT molecular complexity index is 1160. The molecule has 3 atom stereocenters. The molecule has 0 aliphatic rings.